The largest absolute Gasteiger partial charge is 0.478 e. The van der Waals surface area contributed by atoms with Crippen molar-refractivity contribution in [1.82, 2.24) is 0 Å². The molecule has 0 spiro atoms. The highest BCUT2D eigenvalue weighted by molar-refractivity contribution is 5.98. The monoisotopic (exact) mass is 342 g/mol. The number of hydrogen-bond donors (Lipinski definition) is 1. The second kappa shape index (κ2) is 8.15. The Morgan fingerprint density at radius 1 is 1.00 bits per heavy atom. The van der Waals surface area contributed by atoms with Crippen molar-refractivity contribution in [2.24, 2.45) is 0 Å². The Hall–Kier alpha value is -2.36. The summed E-state index contributed by atoms with van der Waals surface area (Å²) >= 11 is 0. The van der Waals surface area contributed by atoms with Crippen molar-refractivity contribution in [2.45, 2.75) is 58.5 Å². The van der Waals surface area contributed by atoms with E-state index in [0.717, 1.165) is 42.9 Å². The lowest BCUT2D eigenvalue weighted by atomic mass is 9.95. The second-order valence-electron chi connectivity index (χ2n) is 6.73. The van der Waals surface area contributed by atoms with Crippen molar-refractivity contribution in [3.05, 3.63) is 47.5 Å². The van der Waals surface area contributed by atoms with Crippen LogP contribution in [-0.4, -0.2) is 22.6 Å². The van der Waals surface area contributed by atoms with Crippen LogP contribution in [0.3, 0.4) is 0 Å². The zero-order valence-corrected chi connectivity index (χ0v) is 15.2. The summed E-state index contributed by atoms with van der Waals surface area (Å²) in [6, 6.07) is 10.1. The third kappa shape index (κ3) is 4.81. The third-order valence-corrected chi connectivity index (χ3v) is 4.72. The van der Waals surface area contributed by atoms with E-state index in [9.17, 15) is 9.59 Å². The lowest BCUT2D eigenvalue weighted by Gasteiger charge is -2.28. The first-order valence-electron chi connectivity index (χ1n) is 8.89. The van der Waals surface area contributed by atoms with Crippen LogP contribution in [0.25, 0.3) is 10.8 Å². The zero-order chi connectivity index (χ0) is 18.4. The first kappa shape index (κ1) is 19.0. The van der Waals surface area contributed by atoms with Gasteiger partial charge in [0, 0.05) is 0 Å². The Balaban J connectivity index is 2.18. The van der Waals surface area contributed by atoms with Gasteiger partial charge in [-0.25, -0.2) is 9.59 Å². The number of rotatable bonds is 8. The van der Waals surface area contributed by atoms with E-state index in [2.05, 4.69) is 6.92 Å². The highest BCUT2D eigenvalue weighted by Gasteiger charge is 2.27. The van der Waals surface area contributed by atoms with Crippen molar-refractivity contribution in [3.63, 3.8) is 0 Å². The molecule has 1 atom stereocenters. The Labute approximate surface area is 148 Å². The number of carboxylic acid groups (broad SMARTS) is 1. The van der Waals surface area contributed by atoms with Crippen molar-refractivity contribution in [2.75, 3.05) is 0 Å². The van der Waals surface area contributed by atoms with Crippen LogP contribution in [0.5, 0.6) is 0 Å². The number of unbranched alkanes of at least 4 members (excludes halogenated alkanes) is 2. The molecule has 4 nitrogen and oxygen atoms in total. The molecular formula is C21H26O4. The van der Waals surface area contributed by atoms with E-state index in [0.29, 0.717) is 5.56 Å². The van der Waals surface area contributed by atoms with Crippen molar-refractivity contribution >= 4 is 22.7 Å². The molecule has 0 aromatic heterocycles. The van der Waals surface area contributed by atoms with Gasteiger partial charge in [-0.05, 0) is 61.2 Å². The van der Waals surface area contributed by atoms with Gasteiger partial charge in [0.05, 0.1) is 11.1 Å². The number of carboxylic acids is 1. The number of hydrogen-bond acceptors (Lipinski definition) is 3. The Kier molecular flexibility index (Phi) is 6.18. The van der Waals surface area contributed by atoms with Gasteiger partial charge in [-0.1, -0.05) is 38.8 Å². The van der Waals surface area contributed by atoms with Crippen LogP contribution >= 0.6 is 0 Å². The first-order chi connectivity index (χ1) is 11.9. The molecule has 0 saturated heterocycles. The molecule has 134 valence electrons. The standard InChI is InChI=1S/C21H26O4/c1-4-6-7-12-21(3,5-2)25-20(24)18-11-9-15-13-17(19(22)23)10-8-16(15)14-18/h8-11,13-14H,4-7,12H2,1-3H3,(H,22,23). The average molecular weight is 342 g/mol. The van der Waals surface area contributed by atoms with E-state index >= 15 is 0 Å². The van der Waals surface area contributed by atoms with Crippen molar-refractivity contribution < 1.29 is 19.4 Å². The van der Waals surface area contributed by atoms with Gasteiger partial charge in [0.15, 0.2) is 0 Å². The molecule has 1 unspecified atom stereocenters. The molecule has 0 aliphatic heterocycles. The van der Waals surface area contributed by atoms with Crippen LogP contribution in [0.1, 0.15) is 73.6 Å². The SMILES string of the molecule is CCCCCC(C)(CC)OC(=O)c1ccc2cc(C(=O)O)ccc2c1. The minimum atomic E-state index is -0.962. The predicted molar refractivity (Wildman–Crippen MR) is 99.2 cm³/mol. The van der Waals surface area contributed by atoms with E-state index in [4.69, 9.17) is 9.84 Å². The zero-order valence-electron chi connectivity index (χ0n) is 15.2. The van der Waals surface area contributed by atoms with Crippen LogP contribution in [0.2, 0.25) is 0 Å². The molecule has 0 radical (unpaired) electrons. The smallest absolute Gasteiger partial charge is 0.338 e. The molecule has 0 heterocycles. The predicted octanol–water partition coefficient (Wildman–Crippen LogP) is 5.44. The third-order valence-electron chi connectivity index (χ3n) is 4.72. The number of carbonyl (C=O) groups excluding carboxylic acids is 1. The Bertz CT molecular complexity index is 766. The quantitative estimate of drug-likeness (QED) is 0.512. The van der Waals surface area contributed by atoms with Crippen LogP contribution in [0, 0.1) is 0 Å². The van der Waals surface area contributed by atoms with E-state index in [1.807, 2.05) is 13.8 Å². The Morgan fingerprint density at radius 2 is 1.60 bits per heavy atom. The molecule has 2 aromatic rings. The highest BCUT2D eigenvalue weighted by Crippen LogP contribution is 2.26. The maximum atomic E-state index is 12.6. The fourth-order valence-corrected chi connectivity index (χ4v) is 2.84. The molecule has 0 aliphatic rings. The summed E-state index contributed by atoms with van der Waals surface area (Å²) in [5, 5.41) is 10.7. The molecule has 0 fully saturated rings. The molecule has 0 aliphatic carbocycles. The summed E-state index contributed by atoms with van der Waals surface area (Å²) in [6.07, 6.45) is 4.95. The maximum absolute atomic E-state index is 12.6. The van der Waals surface area contributed by atoms with Gasteiger partial charge >= 0.3 is 11.9 Å². The molecule has 0 saturated carbocycles. The molecule has 0 bridgehead atoms. The summed E-state index contributed by atoms with van der Waals surface area (Å²) < 4.78 is 5.80. The number of esters is 1. The fraction of sp³-hybridized carbons (Fsp3) is 0.429. The number of aromatic carboxylic acids is 1. The van der Waals surface area contributed by atoms with Gasteiger partial charge in [0.1, 0.15) is 5.60 Å². The molecule has 25 heavy (non-hydrogen) atoms. The molecule has 0 amide bonds. The summed E-state index contributed by atoms with van der Waals surface area (Å²) in [5.74, 6) is -1.29. The molecule has 2 rings (SSSR count). The van der Waals surface area contributed by atoms with Crippen LogP contribution in [0.15, 0.2) is 36.4 Å². The van der Waals surface area contributed by atoms with E-state index in [1.165, 1.54) is 0 Å². The normalized spacial score (nSPS) is 13.4. The Morgan fingerprint density at radius 3 is 2.16 bits per heavy atom. The van der Waals surface area contributed by atoms with Gasteiger partial charge in [0.2, 0.25) is 0 Å². The van der Waals surface area contributed by atoms with E-state index in [-0.39, 0.29) is 11.5 Å². The summed E-state index contributed by atoms with van der Waals surface area (Å²) in [6.45, 7) is 6.17. The molecule has 1 N–H and O–H groups in total. The van der Waals surface area contributed by atoms with Crippen LogP contribution < -0.4 is 0 Å². The summed E-state index contributed by atoms with van der Waals surface area (Å²) in [4.78, 5) is 23.6. The number of carbonyl (C=O) groups is 2. The van der Waals surface area contributed by atoms with Gasteiger partial charge < -0.3 is 9.84 Å². The topological polar surface area (TPSA) is 63.6 Å². The second-order valence-corrected chi connectivity index (χ2v) is 6.73. The summed E-state index contributed by atoms with van der Waals surface area (Å²) in [7, 11) is 0. The van der Waals surface area contributed by atoms with Gasteiger partial charge in [-0.3, -0.25) is 0 Å². The number of ether oxygens (including phenoxy) is 1. The lowest BCUT2D eigenvalue weighted by molar-refractivity contribution is -0.0164. The van der Waals surface area contributed by atoms with Gasteiger partial charge in [-0.15, -0.1) is 0 Å². The maximum Gasteiger partial charge on any atom is 0.338 e. The van der Waals surface area contributed by atoms with Gasteiger partial charge in [-0.2, -0.15) is 0 Å². The van der Waals surface area contributed by atoms with Crippen LogP contribution in [0.4, 0.5) is 0 Å². The van der Waals surface area contributed by atoms with E-state index in [1.54, 1.807) is 36.4 Å². The fourth-order valence-electron chi connectivity index (χ4n) is 2.84. The van der Waals surface area contributed by atoms with Crippen molar-refractivity contribution in [3.8, 4) is 0 Å². The molecule has 2 aromatic carbocycles. The van der Waals surface area contributed by atoms with Gasteiger partial charge in [0.25, 0.3) is 0 Å². The van der Waals surface area contributed by atoms with Crippen LogP contribution in [-0.2, 0) is 4.74 Å². The molecule has 4 heteroatoms. The minimum Gasteiger partial charge on any atom is -0.478 e. The average Bonchev–Trinajstić information content (AvgIpc) is 2.60. The minimum absolute atomic E-state index is 0.234. The number of fused-ring (bicyclic) bond motifs is 1. The van der Waals surface area contributed by atoms with Crippen molar-refractivity contribution in [1.29, 1.82) is 0 Å². The molecular weight excluding hydrogens is 316 g/mol. The van der Waals surface area contributed by atoms with E-state index < -0.39 is 11.6 Å². The summed E-state index contributed by atoms with van der Waals surface area (Å²) in [5.41, 5.74) is 0.275. The lowest BCUT2D eigenvalue weighted by Crippen LogP contribution is -2.31. The highest BCUT2D eigenvalue weighted by atomic mass is 16.6. The first-order valence-corrected chi connectivity index (χ1v) is 8.89. The number of benzene rings is 2.